The largest absolute Gasteiger partial charge is 0.350 e. The van der Waals surface area contributed by atoms with Crippen molar-refractivity contribution in [1.29, 1.82) is 0 Å². The van der Waals surface area contributed by atoms with Crippen LogP contribution in [0.1, 0.15) is 15.9 Å². The van der Waals surface area contributed by atoms with Crippen molar-refractivity contribution < 1.29 is 9.18 Å². The first-order valence-corrected chi connectivity index (χ1v) is 8.81. The van der Waals surface area contributed by atoms with E-state index in [1.165, 1.54) is 16.8 Å². The highest BCUT2D eigenvalue weighted by Crippen LogP contribution is 2.19. The molecule has 0 amide bonds. The highest BCUT2D eigenvalue weighted by molar-refractivity contribution is 5.97. The minimum absolute atomic E-state index is 0.281. The Morgan fingerprint density at radius 2 is 1.54 bits per heavy atom. The molecule has 0 bridgehead atoms. The molecule has 0 fully saturated rings. The van der Waals surface area contributed by atoms with Crippen LogP contribution in [0.3, 0.4) is 0 Å². The normalized spacial score (nSPS) is 10.6. The van der Waals surface area contributed by atoms with Crippen LogP contribution in [-0.2, 0) is 6.54 Å². The van der Waals surface area contributed by atoms with E-state index in [0.717, 1.165) is 11.1 Å². The molecule has 0 aliphatic carbocycles. The molecule has 0 saturated heterocycles. The van der Waals surface area contributed by atoms with Gasteiger partial charge in [-0.15, -0.1) is 5.10 Å². The second-order valence-corrected chi connectivity index (χ2v) is 6.19. The molecule has 4 aromatic rings. The van der Waals surface area contributed by atoms with Crippen molar-refractivity contribution in [2.75, 3.05) is 5.32 Å². The van der Waals surface area contributed by atoms with E-state index in [1.807, 2.05) is 36.4 Å². The van der Waals surface area contributed by atoms with Crippen LogP contribution in [0, 0.1) is 5.82 Å². The monoisotopic (exact) mass is 372 g/mol. The summed E-state index contributed by atoms with van der Waals surface area (Å²) in [6.45, 7) is 0.384. The first kappa shape index (κ1) is 17.6. The van der Waals surface area contributed by atoms with Crippen molar-refractivity contribution in [2.24, 2.45) is 0 Å². The van der Waals surface area contributed by atoms with Crippen LogP contribution in [0.15, 0.2) is 84.9 Å². The number of benzene rings is 3. The lowest BCUT2D eigenvalue weighted by molar-refractivity contribution is 0.0947. The Kier molecular flexibility index (Phi) is 4.93. The molecule has 0 radical (unpaired) electrons. The number of aromatic nitrogens is 3. The molecule has 4 rings (SSSR count). The van der Waals surface area contributed by atoms with Gasteiger partial charge in [0.2, 0.25) is 5.95 Å². The summed E-state index contributed by atoms with van der Waals surface area (Å²) < 4.78 is 14.4. The molecule has 6 heteroatoms. The van der Waals surface area contributed by atoms with Gasteiger partial charge >= 0.3 is 0 Å². The molecule has 0 unspecified atom stereocenters. The summed E-state index contributed by atoms with van der Waals surface area (Å²) in [5, 5.41) is 7.55. The van der Waals surface area contributed by atoms with E-state index in [2.05, 4.69) is 15.4 Å². The van der Waals surface area contributed by atoms with Gasteiger partial charge in [-0.3, -0.25) is 4.79 Å². The minimum Gasteiger partial charge on any atom is -0.350 e. The quantitative estimate of drug-likeness (QED) is 0.565. The Labute approximate surface area is 161 Å². The van der Waals surface area contributed by atoms with Crippen molar-refractivity contribution in [1.82, 2.24) is 14.8 Å². The Morgan fingerprint density at radius 3 is 2.21 bits per heavy atom. The summed E-state index contributed by atoms with van der Waals surface area (Å²) in [7, 11) is 0. The molecular formula is C22H17FN4O. The second kappa shape index (κ2) is 7.84. The molecule has 28 heavy (non-hydrogen) atoms. The number of nitrogens with zero attached hydrogens (tertiary/aromatic N) is 3. The summed E-state index contributed by atoms with van der Waals surface area (Å²) in [6, 6.07) is 24.5. The standard InChI is InChI=1S/C22H17FN4O/c23-19-13-11-16(12-14-19)15-24-22-25-20(17-7-3-1-4-8-17)26-27(22)21(28)18-9-5-2-6-10-18/h1-14H,15H2,(H,24,25,26). The molecular weight excluding hydrogens is 355 g/mol. The number of hydrogen-bond donors (Lipinski definition) is 1. The van der Waals surface area contributed by atoms with Gasteiger partial charge in [-0.05, 0) is 29.8 Å². The third-order valence-corrected chi connectivity index (χ3v) is 4.22. The van der Waals surface area contributed by atoms with Gasteiger partial charge in [0.15, 0.2) is 5.82 Å². The van der Waals surface area contributed by atoms with Gasteiger partial charge in [-0.2, -0.15) is 9.67 Å². The summed E-state index contributed by atoms with van der Waals surface area (Å²) in [6.07, 6.45) is 0. The first-order valence-electron chi connectivity index (χ1n) is 8.81. The van der Waals surface area contributed by atoms with Gasteiger partial charge in [0.25, 0.3) is 5.91 Å². The number of hydrogen-bond acceptors (Lipinski definition) is 4. The maximum atomic E-state index is 13.1. The van der Waals surface area contributed by atoms with E-state index in [4.69, 9.17) is 0 Å². The Morgan fingerprint density at radius 1 is 0.893 bits per heavy atom. The Balaban J connectivity index is 1.67. The molecule has 0 aliphatic heterocycles. The summed E-state index contributed by atoms with van der Waals surface area (Å²) in [4.78, 5) is 17.4. The van der Waals surface area contributed by atoms with Crippen LogP contribution in [0.4, 0.5) is 10.3 Å². The van der Waals surface area contributed by atoms with Crippen LogP contribution < -0.4 is 5.32 Å². The molecule has 3 aromatic carbocycles. The minimum atomic E-state index is -0.294. The fourth-order valence-electron chi connectivity index (χ4n) is 2.76. The van der Waals surface area contributed by atoms with Crippen molar-refractivity contribution in [3.05, 3.63) is 102 Å². The highest BCUT2D eigenvalue weighted by atomic mass is 19.1. The van der Waals surface area contributed by atoms with Crippen LogP contribution in [-0.4, -0.2) is 20.7 Å². The first-order chi connectivity index (χ1) is 13.7. The number of anilines is 1. The summed E-state index contributed by atoms with van der Waals surface area (Å²) in [5.41, 5.74) is 2.19. The zero-order valence-electron chi connectivity index (χ0n) is 14.9. The predicted octanol–water partition coefficient (Wildman–Crippen LogP) is 4.38. The summed E-state index contributed by atoms with van der Waals surface area (Å²) in [5.74, 6) is 0.206. The van der Waals surface area contributed by atoms with Gasteiger partial charge < -0.3 is 5.32 Å². The van der Waals surface area contributed by atoms with Gasteiger partial charge in [0.1, 0.15) is 5.82 Å². The molecule has 138 valence electrons. The smallest absolute Gasteiger partial charge is 0.281 e. The van der Waals surface area contributed by atoms with Crippen molar-refractivity contribution in [2.45, 2.75) is 6.54 Å². The lowest BCUT2D eigenvalue weighted by Crippen LogP contribution is -2.17. The van der Waals surface area contributed by atoms with Crippen molar-refractivity contribution >= 4 is 11.9 Å². The predicted molar refractivity (Wildman–Crippen MR) is 105 cm³/mol. The van der Waals surface area contributed by atoms with E-state index >= 15 is 0 Å². The van der Waals surface area contributed by atoms with Crippen LogP contribution in [0.25, 0.3) is 11.4 Å². The van der Waals surface area contributed by atoms with Crippen LogP contribution in [0.5, 0.6) is 0 Å². The van der Waals surface area contributed by atoms with E-state index in [-0.39, 0.29) is 11.7 Å². The van der Waals surface area contributed by atoms with E-state index in [0.29, 0.717) is 23.9 Å². The third-order valence-electron chi connectivity index (χ3n) is 4.22. The maximum Gasteiger partial charge on any atom is 0.281 e. The van der Waals surface area contributed by atoms with E-state index in [9.17, 15) is 9.18 Å². The lowest BCUT2D eigenvalue weighted by Gasteiger charge is -2.07. The molecule has 0 spiro atoms. The number of rotatable bonds is 5. The molecule has 1 heterocycles. The number of nitrogens with one attached hydrogen (secondary N) is 1. The van der Waals surface area contributed by atoms with Crippen molar-refractivity contribution in [3.8, 4) is 11.4 Å². The molecule has 5 nitrogen and oxygen atoms in total. The summed E-state index contributed by atoms with van der Waals surface area (Å²) >= 11 is 0. The van der Waals surface area contributed by atoms with Gasteiger partial charge in [-0.25, -0.2) is 4.39 Å². The maximum absolute atomic E-state index is 13.1. The number of halogens is 1. The zero-order valence-corrected chi connectivity index (χ0v) is 14.9. The Hall–Kier alpha value is -3.80. The third kappa shape index (κ3) is 3.81. The molecule has 0 atom stereocenters. The van der Waals surface area contributed by atoms with Gasteiger partial charge in [-0.1, -0.05) is 60.7 Å². The molecule has 1 aromatic heterocycles. The topological polar surface area (TPSA) is 59.8 Å². The Bertz CT molecular complexity index is 1080. The average Bonchev–Trinajstić information content (AvgIpc) is 3.18. The number of carbonyl (C=O) groups excluding carboxylic acids is 1. The fraction of sp³-hybridized carbons (Fsp3) is 0.0455. The number of carbonyl (C=O) groups is 1. The van der Waals surface area contributed by atoms with Gasteiger partial charge in [0.05, 0.1) is 0 Å². The molecule has 0 aliphatic rings. The lowest BCUT2D eigenvalue weighted by atomic mass is 10.2. The zero-order chi connectivity index (χ0) is 19.3. The second-order valence-electron chi connectivity index (χ2n) is 6.19. The van der Waals surface area contributed by atoms with E-state index < -0.39 is 0 Å². The highest BCUT2D eigenvalue weighted by Gasteiger charge is 2.18. The van der Waals surface area contributed by atoms with Crippen LogP contribution in [0.2, 0.25) is 0 Å². The molecule has 0 saturated carbocycles. The van der Waals surface area contributed by atoms with Crippen LogP contribution >= 0.6 is 0 Å². The SMILES string of the molecule is O=C(c1ccccc1)n1nc(-c2ccccc2)nc1NCc1ccc(F)cc1. The van der Waals surface area contributed by atoms with Crippen molar-refractivity contribution in [3.63, 3.8) is 0 Å². The van der Waals surface area contributed by atoms with Gasteiger partial charge in [0, 0.05) is 17.7 Å². The average molecular weight is 372 g/mol. The van der Waals surface area contributed by atoms with E-state index in [1.54, 1.807) is 36.4 Å². The fourth-order valence-corrected chi connectivity index (χ4v) is 2.76. The molecule has 1 N–H and O–H groups in total.